The Morgan fingerprint density at radius 3 is 2.62 bits per heavy atom. The number of ether oxygens (including phenoxy) is 1. The zero-order valence-corrected chi connectivity index (χ0v) is 14.3. The number of aryl methyl sites for hydroxylation is 2. The average molecular weight is 352 g/mol. The standard InChI is InChI=1S/C20H17FN2O3/c1-12-10-13(2)23-19(24)17(12)20(25)26-18(16-8-3-4-9-22-16)14-6-5-7-15(21)11-14/h3-11,18H,1-2H3,(H,23,24). The van der Waals surface area contributed by atoms with Crippen LogP contribution in [0.5, 0.6) is 0 Å². The molecule has 0 aliphatic carbocycles. The van der Waals surface area contributed by atoms with Crippen molar-refractivity contribution in [2.45, 2.75) is 20.0 Å². The number of nitrogens with one attached hydrogen (secondary N) is 1. The first-order valence-electron chi connectivity index (χ1n) is 8.03. The molecular formula is C20H17FN2O3. The van der Waals surface area contributed by atoms with E-state index in [0.717, 1.165) is 0 Å². The fourth-order valence-corrected chi connectivity index (χ4v) is 2.77. The first-order chi connectivity index (χ1) is 12.5. The summed E-state index contributed by atoms with van der Waals surface area (Å²) in [5, 5.41) is 0. The van der Waals surface area contributed by atoms with E-state index in [1.165, 1.54) is 18.2 Å². The van der Waals surface area contributed by atoms with Gasteiger partial charge in [-0.25, -0.2) is 9.18 Å². The fraction of sp³-hybridized carbons (Fsp3) is 0.150. The summed E-state index contributed by atoms with van der Waals surface area (Å²) < 4.78 is 19.2. The van der Waals surface area contributed by atoms with E-state index in [1.807, 2.05) is 0 Å². The Kier molecular flexibility index (Phi) is 4.93. The predicted octanol–water partition coefficient (Wildman–Crippen LogP) is 3.47. The van der Waals surface area contributed by atoms with Crippen molar-refractivity contribution in [1.82, 2.24) is 9.97 Å². The van der Waals surface area contributed by atoms with Crippen LogP contribution in [0.3, 0.4) is 0 Å². The summed E-state index contributed by atoms with van der Waals surface area (Å²) in [5.74, 6) is -1.24. The molecular weight excluding hydrogens is 335 g/mol. The second-order valence-electron chi connectivity index (χ2n) is 5.93. The number of hydrogen-bond acceptors (Lipinski definition) is 4. The van der Waals surface area contributed by atoms with Gasteiger partial charge in [0, 0.05) is 17.5 Å². The van der Waals surface area contributed by atoms with Gasteiger partial charge in [0.15, 0.2) is 6.10 Å². The third-order valence-electron chi connectivity index (χ3n) is 3.90. The summed E-state index contributed by atoms with van der Waals surface area (Å²) in [4.78, 5) is 31.7. The maximum Gasteiger partial charge on any atom is 0.345 e. The second-order valence-corrected chi connectivity index (χ2v) is 5.93. The maximum absolute atomic E-state index is 13.7. The van der Waals surface area contributed by atoms with Gasteiger partial charge in [0.05, 0.1) is 5.69 Å². The zero-order valence-electron chi connectivity index (χ0n) is 14.3. The molecule has 2 aromatic heterocycles. The van der Waals surface area contributed by atoms with Crippen LogP contribution in [0.1, 0.15) is 39.0 Å². The monoisotopic (exact) mass is 352 g/mol. The molecule has 132 valence electrons. The summed E-state index contributed by atoms with van der Waals surface area (Å²) >= 11 is 0. The topological polar surface area (TPSA) is 72.0 Å². The number of carbonyl (C=O) groups is 1. The van der Waals surface area contributed by atoms with Crippen molar-refractivity contribution in [2.24, 2.45) is 0 Å². The van der Waals surface area contributed by atoms with Crippen LogP contribution in [0.25, 0.3) is 0 Å². The lowest BCUT2D eigenvalue weighted by Crippen LogP contribution is -2.24. The average Bonchev–Trinajstić information content (AvgIpc) is 2.59. The molecule has 1 N–H and O–H groups in total. The molecule has 1 unspecified atom stereocenters. The number of H-pyrrole nitrogens is 1. The van der Waals surface area contributed by atoms with E-state index in [1.54, 1.807) is 50.4 Å². The lowest BCUT2D eigenvalue weighted by Gasteiger charge is -2.18. The molecule has 0 spiro atoms. The Bertz CT molecular complexity index is 999. The largest absolute Gasteiger partial charge is 0.447 e. The van der Waals surface area contributed by atoms with Gasteiger partial charge in [-0.2, -0.15) is 0 Å². The summed E-state index contributed by atoms with van der Waals surface area (Å²) in [6.07, 6.45) is 0.624. The minimum absolute atomic E-state index is 0.0760. The molecule has 1 aromatic carbocycles. The van der Waals surface area contributed by atoms with Crippen molar-refractivity contribution in [1.29, 1.82) is 0 Å². The second kappa shape index (κ2) is 7.31. The number of aromatic nitrogens is 2. The molecule has 1 atom stereocenters. The highest BCUT2D eigenvalue weighted by molar-refractivity contribution is 5.90. The van der Waals surface area contributed by atoms with Crippen LogP contribution in [0.2, 0.25) is 0 Å². The number of nitrogens with zero attached hydrogens (tertiary/aromatic N) is 1. The molecule has 0 aliphatic rings. The third kappa shape index (κ3) is 3.69. The summed E-state index contributed by atoms with van der Waals surface area (Å²) in [5.41, 5.74) is 1.43. The minimum Gasteiger partial charge on any atom is -0.447 e. The molecule has 0 bridgehead atoms. The van der Waals surface area contributed by atoms with Crippen LogP contribution < -0.4 is 5.56 Å². The zero-order chi connectivity index (χ0) is 18.7. The summed E-state index contributed by atoms with van der Waals surface area (Å²) in [6.45, 7) is 3.39. The van der Waals surface area contributed by atoms with Gasteiger partial charge in [0.1, 0.15) is 11.4 Å². The van der Waals surface area contributed by atoms with E-state index < -0.39 is 23.4 Å². The third-order valence-corrected chi connectivity index (χ3v) is 3.90. The first kappa shape index (κ1) is 17.5. The number of aromatic amines is 1. The van der Waals surface area contributed by atoms with Crippen molar-refractivity contribution in [3.05, 3.63) is 99.0 Å². The first-order valence-corrected chi connectivity index (χ1v) is 8.03. The maximum atomic E-state index is 13.7. The molecule has 3 rings (SSSR count). The lowest BCUT2D eigenvalue weighted by molar-refractivity contribution is 0.0367. The van der Waals surface area contributed by atoms with Crippen molar-refractivity contribution in [2.75, 3.05) is 0 Å². The van der Waals surface area contributed by atoms with E-state index >= 15 is 0 Å². The van der Waals surface area contributed by atoms with Crippen molar-refractivity contribution in [3.8, 4) is 0 Å². The van der Waals surface area contributed by atoms with Crippen LogP contribution in [-0.2, 0) is 4.74 Å². The van der Waals surface area contributed by atoms with Gasteiger partial charge in [-0.15, -0.1) is 0 Å². The predicted molar refractivity (Wildman–Crippen MR) is 94.4 cm³/mol. The molecule has 26 heavy (non-hydrogen) atoms. The van der Waals surface area contributed by atoms with Crippen molar-refractivity contribution >= 4 is 5.97 Å². The van der Waals surface area contributed by atoms with Gasteiger partial charge < -0.3 is 9.72 Å². The van der Waals surface area contributed by atoms with Gasteiger partial charge in [0.2, 0.25) is 0 Å². The van der Waals surface area contributed by atoms with E-state index in [-0.39, 0.29) is 5.56 Å². The van der Waals surface area contributed by atoms with Gasteiger partial charge in [-0.05, 0) is 49.7 Å². The molecule has 3 aromatic rings. The van der Waals surface area contributed by atoms with Crippen molar-refractivity contribution in [3.63, 3.8) is 0 Å². The molecule has 0 saturated carbocycles. The Balaban J connectivity index is 2.02. The number of carbonyl (C=O) groups excluding carboxylic acids is 1. The Hall–Kier alpha value is -3.28. The molecule has 5 nitrogen and oxygen atoms in total. The molecule has 6 heteroatoms. The smallest absolute Gasteiger partial charge is 0.345 e. The van der Waals surface area contributed by atoms with Gasteiger partial charge in [-0.1, -0.05) is 18.2 Å². The van der Waals surface area contributed by atoms with Crippen LogP contribution in [0.4, 0.5) is 4.39 Å². The SMILES string of the molecule is Cc1cc(C)c(C(=O)OC(c2cccc(F)c2)c2ccccn2)c(=O)[nH]1. The van der Waals surface area contributed by atoms with E-state index in [4.69, 9.17) is 4.74 Å². The molecule has 0 saturated heterocycles. The quantitative estimate of drug-likeness (QED) is 0.730. The summed E-state index contributed by atoms with van der Waals surface area (Å²) in [6, 6.07) is 12.6. The molecule has 0 amide bonds. The van der Waals surface area contributed by atoms with Crippen LogP contribution in [0, 0.1) is 19.7 Å². The lowest BCUT2D eigenvalue weighted by atomic mass is 10.1. The number of esters is 1. The summed E-state index contributed by atoms with van der Waals surface area (Å²) in [7, 11) is 0. The van der Waals surface area contributed by atoms with Crippen LogP contribution >= 0.6 is 0 Å². The number of hydrogen-bond donors (Lipinski definition) is 1. The van der Waals surface area contributed by atoms with Gasteiger partial charge in [0.25, 0.3) is 5.56 Å². The number of pyridine rings is 2. The van der Waals surface area contributed by atoms with E-state index in [0.29, 0.717) is 22.5 Å². The highest BCUT2D eigenvalue weighted by atomic mass is 19.1. The number of halogens is 1. The Morgan fingerprint density at radius 1 is 1.15 bits per heavy atom. The van der Waals surface area contributed by atoms with E-state index in [2.05, 4.69) is 9.97 Å². The number of benzene rings is 1. The van der Waals surface area contributed by atoms with Crippen LogP contribution in [0.15, 0.2) is 59.5 Å². The Morgan fingerprint density at radius 2 is 1.96 bits per heavy atom. The molecule has 0 radical (unpaired) electrons. The van der Waals surface area contributed by atoms with Gasteiger partial charge in [-0.3, -0.25) is 9.78 Å². The van der Waals surface area contributed by atoms with Crippen LogP contribution in [-0.4, -0.2) is 15.9 Å². The minimum atomic E-state index is -0.931. The Labute approximate surface area is 149 Å². The molecule has 0 fully saturated rings. The number of rotatable bonds is 4. The highest BCUT2D eigenvalue weighted by Gasteiger charge is 2.24. The van der Waals surface area contributed by atoms with E-state index in [9.17, 15) is 14.0 Å². The fourth-order valence-electron chi connectivity index (χ4n) is 2.77. The molecule has 2 heterocycles. The van der Waals surface area contributed by atoms with Gasteiger partial charge >= 0.3 is 5.97 Å². The molecule has 0 aliphatic heterocycles. The highest BCUT2D eigenvalue weighted by Crippen LogP contribution is 2.26. The van der Waals surface area contributed by atoms with Crippen molar-refractivity contribution < 1.29 is 13.9 Å². The normalized spacial score (nSPS) is 11.8.